The van der Waals surface area contributed by atoms with Crippen LogP contribution in [-0.4, -0.2) is 35.3 Å². The predicted octanol–water partition coefficient (Wildman–Crippen LogP) is 4.81. The largest absolute Gasteiger partial charge is 0.493 e. The Kier molecular flexibility index (Phi) is 5.61. The van der Waals surface area contributed by atoms with Crippen molar-refractivity contribution in [3.05, 3.63) is 56.8 Å². The van der Waals surface area contributed by atoms with E-state index in [1.54, 1.807) is 50.8 Å². The van der Waals surface area contributed by atoms with Crippen molar-refractivity contribution >= 4 is 41.6 Å². The van der Waals surface area contributed by atoms with Gasteiger partial charge >= 0.3 is 0 Å². The summed E-state index contributed by atoms with van der Waals surface area (Å²) in [5.74, 6) is 1.70. The van der Waals surface area contributed by atoms with Gasteiger partial charge < -0.3 is 9.47 Å². The fourth-order valence-electron chi connectivity index (χ4n) is 2.31. The lowest BCUT2D eigenvalue weighted by molar-refractivity contribution is 0.355. The summed E-state index contributed by atoms with van der Waals surface area (Å²) in [6.45, 7) is 0. The maximum atomic E-state index is 6.17. The first-order valence-electron chi connectivity index (χ1n) is 7.43. The Bertz CT molecular complexity index is 1010. The molecule has 9 heteroatoms. The average Bonchev–Trinajstić information content (AvgIpc) is 3.01. The topological polar surface area (TPSA) is 64.4 Å². The SMILES string of the molecule is COc1ccc(-c2n[nH]c(=S)n2/N=C\c2c(Cl)cccc2Cl)cc1OC. The second-order valence-corrected chi connectivity index (χ2v) is 6.31. The maximum absolute atomic E-state index is 6.17. The van der Waals surface area contributed by atoms with Crippen molar-refractivity contribution in [1.29, 1.82) is 0 Å². The molecule has 1 aromatic heterocycles. The molecule has 0 atom stereocenters. The van der Waals surface area contributed by atoms with Gasteiger partial charge in [0.15, 0.2) is 17.3 Å². The van der Waals surface area contributed by atoms with Gasteiger partial charge in [-0.1, -0.05) is 29.3 Å². The smallest absolute Gasteiger partial charge is 0.216 e. The quantitative estimate of drug-likeness (QED) is 0.485. The molecule has 0 amide bonds. The van der Waals surface area contributed by atoms with Crippen molar-refractivity contribution in [3.63, 3.8) is 0 Å². The normalized spacial score (nSPS) is 11.1. The number of H-pyrrole nitrogens is 1. The average molecular weight is 409 g/mol. The van der Waals surface area contributed by atoms with Crippen LogP contribution in [-0.2, 0) is 0 Å². The Morgan fingerprint density at radius 3 is 2.46 bits per heavy atom. The van der Waals surface area contributed by atoms with Gasteiger partial charge in [0.25, 0.3) is 0 Å². The highest BCUT2D eigenvalue weighted by atomic mass is 35.5. The van der Waals surface area contributed by atoms with E-state index in [4.69, 9.17) is 44.9 Å². The molecule has 0 aliphatic rings. The lowest BCUT2D eigenvalue weighted by Gasteiger charge is -2.09. The zero-order chi connectivity index (χ0) is 18.7. The molecule has 1 heterocycles. The van der Waals surface area contributed by atoms with Crippen molar-refractivity contribution in [2.45, 2.75) is 0 Å². The van der Waals surface area contributed by atoms with Gasteiger partial charge in [0.05, 0.1) is 30.5 Å². The van der Waals surface area contributed by atoms with Gasteiger partial charge in [-0.15, -0.1) is 0 Å². The first-order valence-corrected chi connectivity index (χ1v) is 8.59. The number of halogens is 2. The molecule has 0 saturated carbocycles. The molecule has 6 nitrogen and oxygen atoms in total. The third kappa shape index (κ3) is 3.60. The molecule has 3 rings (SSSR count). The highest BCUT2D eigenvalue weighted by Crippen LogP contribution is 2.31. The molecule has 0 aliphatic heterocycles. The highest BCUT2D eigenvalue weighted by Gasteiger charge is 2.12. The number of nitrogens with one attached hydrogen (secondary N) is 1. The number of hydrogen-bond acceptors (Lipinski definition) is 5. The second kappa shape index (κ2) is 7.90. The Morgan fingerprint density at radius 2 is 1.81 bits per heavy atom. The van der Waals surface area contributed by atoms with E-state index < -0.39 is 0 Å². The molecule has 0 spiro atoms. The van der Waals surface area contributed by atoms with Crippen molar-refractivity contribution in [2.75, 3.05) is 14.2 Å². The zero-order valence-electron chi connectivity index (χ0n) is 13.9. The van der Waals surface area contributed by atoms with E-state index in [2.05, 4.69) is 15.3 Å². The summed E-state index contributed by atoms with van der Waals surface area (Å²) in [4.78, 5) is 0. The minimum atomic E-state index is 0.328. The van der Waals surface area contributed by atoms with Crippen LogP contribution in [0, 0.1) is 4.77 Å². The lowest BCUT2D eigenvalue weighted by atomic mass is 10.2. The second-order valence-electron chi connectivity index (χ2n) is 5.11. The molecule has 0 unspecified atom stereocenters. The number of methoxy groups -OCH3 is 2. The van der Waals surface area contributed by atoms with Crippen molar-refractivity contribution in [2.24, 2.45) is 5.10 Å². The third-order valence-corrected chi connectivity index (χ3v) is 4.52. The summed E-state index contributed by atoms with van der Waals surface area (Å²) in [5.41, 5.74) is 1.34. The number of hydrogen-bond donors (Lipinski definition) is 1. The number of aromatic nitrogens is 3. The minimum Gasteiger partial charge on any atom is -0.493 e. The summed E-state index contributed by atoms with van der Waals surface area (Å²) in [6, 6.07) is 10.6. The standard InChI is InChI=1S/C17H14Cl2N4O2S/c1-24-14-7-6-10(8-15(14)25-2)16-21-22-17(26)23(16)20-9-11-12(18)4-3-5-13(11)19/h3-9H,1-2H3,(H,22,26)/b20-9-. The van der Waals surface area contributed by atoms with E-state index in [-0.39, 0.29) is 0 Å². The van der Waals surface area contributed by atoms with Crippen LogP contribution in [0.4, 0.5) is 0 Å². The van der Waals surface area contributed by atoms with E-state index in [1.165, 1.54) is 4.68 Å². The molecular formula is C17H14Cl2N4O2S. The van der Waals surface area contributed by atoms with E-state index in [9.17, 15) is 0 Å². The van der Waals surface area contributed by atoms with Crippen LogP contribution < -0.4 is 9.47 Å². The fourth-order valence-corrected chi connectivity index (χ4v) is 2.98. The lowest BCUT2D eigenvalue weighted by Crippen LogP contribution is -1.97. The molecule has 1 N–H and O–H groups in total. The van der Waals surface area contributed by atoms with Crippen molar-refractivity contribution in [1.82, 2.24) is 14.9 Å². The molecule has 0 radical (unpaired) electrons. The van der Waals surface area contributed by atoms with E-state index in [0.717, 1.165) is 5.56 Å². The van der Waals surface area contributed by atoms with Gasteiger partial charge in [0.2, 0.25) is 4.77 Å². The maximum Gasteiger partial charge on any atom is 0.216 e. The van der Waals surface area contributed by atoms with Crippen LogP contribution in [0.3, 0.4) is 0 Å². The van der Waals surface area contributed by atoms with Gasteiger partial charge in [-0.05, 0) is 42.5 Å². The number of benzene rings is 2. The first kappa shape index (κ1) is 18.4. The van der Waals surface area contributed by atoms with Crippen LogP contribution in [0.15, 0.2) is 41.5 Å². The van der Waals surface area contributed by atoms with E-state index in [1.807, 2.05) is 6.07 Å². The molecule has 0 aliphatic carbocycles. The van der Waals surface area contributed by atoms with E-state index >= 15 is 0 Å². The van der Waals surface area contributed by atoms with Crippen molar-refractivity contribution in [3.8, 4) is 22.9 Å². The molecule has 0 saturated heterocycles. The highest BCUT2D eigenvalue weighted by molar-refractivity contribution is 7.71. The third-order valence-electron chi connectivity index (χ3n) is 3.59. The van der Waals surface area contributed by atoms with Crippen LogP contribution in [0.25, 0.3) is 11.4 Å². The Labute approximate surface area is 165 Å². The molecule has 3 aromatic rings. The van der Waals surface area contributed by atoms with Crippen LogP contribution in [0.5, 0.6) is 11.5 Å². The van der Waals surface area contributed by atoms with Crippen LogP contribution in [0.1, 0.15) is 5.56 Å². The first-order chi connectivity index (χ1) is 12.5. The van der Waals surface area contributed by atoms with Crippen molar-refractivity contribution < 1.29 is 9.47 Å². The molecule has 0 fully saturated rings. The monoisotopic (exact) mass is 408 g/mol. The van der Waals surface area contributed by atoms with Gasteiger partial charge in [-0.25, -0.2) is 5.10 Å². The zero-order valence-corrected chi connectivity index (χ0v) is 16.2. The summed E-state index contributed by atoms with van der Waals surface area (Å²) in [7, 11) is 3.14. The summed E-state index contributed by atoms with van der Waals surface area (Å²) in [6.07, 6.45) is 1.54. The van der Waals surface area contributed by atoms with E-state index in [0.29, 0.717) is 37.7 Å². The minimum absolute atomic E-state index is 0.328. The molecule has 2 aromatic carbocycles. The molecular weight excluding hydrogens is 395 g/mol. The summed E-state index contributed by atoms with van der Waals surface area (Å²) >= 11 is 17.6. The summed E-state index contributed by atoms with van der Waals surface area (Å²) in [5, 5.41) is 12.3. The molecule has 26 heavy (non-hydrogen) atoms. The van der Waals surface area contributed by atoms with Crippen LogP contribution in [0.2, 0.25) is 10.0 Å². The van der Waals surface area contributed by atoms with Gasteiger partial charge in [0.1, 0.15) is 0 Å². The number of aromatic amines is 1. The fraction of sp³-hybridized carbons (Fsp3) is 0.118. The Morgan fingerprint density at radius 1 is 1.12 bits per heavy atom. The number of nitrogens with zero attached hydrogens (tertiary/aromatic N) is 3. The predicted molar refractivity (Wildman–Crippen MR) is 105 cm³/mol. The Balaban J connectivity index is 2.05. The van der Waals surface area contributed by atoms with Crippen LogP contribution >= 0.6 is 35.4 Å². The number of ether oxygens (including phenoxy) is 2. The van der Waals surface area contributed by atoms with Gasteiger partial charge in [-0.2, -0.15) is 14.9 Å². The van der Waals surface area contributed by atoms with Gasteiger partial charge in [0, 0.05) is 11.1 Å². The number of rotatable bonds is 5. The summed E-state index contributed by atoms with van der Waals surface area (Å²) < 4.78 is 12.4. The molecule has 0 bridgehead atoms. The molecule has 134 valence electrons. The van der Waals surface area contributed by atoms with Gasteiger partial charge in [-0.3, -0.25) is 0 Å². The Hall–Kier alpha value is -2.35.